The molecule has 5 heteroatoms. The molecule has 4 N–H and O–H groups in total. The van der Waals surface area contributed by atoms with Gasteiger partial charge in [0.2, 0.25) is 0 Å². The fraction of sp³-hybridized carbons (Fsp3) is 0.875. The molecule has 0 bridgehead atoms. The SMILES string of the molecule is O=C(O)C(CCO)C[C@@H](O)CCO. The molecule has 78 valence electrons. The number of hydrogen-bond acceptors (Lipinski definition) is 4. The zero-order valence-corrected chi connectivity index (χ0v) is 7.39. The molecule has 0 saturated heterocycles. The largest absolute Gasteiger partial charge is 0.481 e. The van der Waals surface area contributed by atoms with Crippen molar-refractivity contribution >= 4 is 5.97 Å². The fourth-order valence-electron chi connectivity index (χ4n) is 1.09. The molecule has 0 fully saturated rings. The van der Waals surface area contributed by atoms with Gasteiger partial charge < -0.3 is 20.4 Å². The van der Waals surface area contributed by atoms with Crippen LogP contribution < -0.4 is 0 Å². The highest BCUT2D eigenvalue weighted by Gasteiger charge is 2.20. The lowest BCUT2D eigenvalue weighted by molar-refractivity contribution is -0.143. The van der Waals surface area contributed by atoms with Crippen LogP contribution in [0.4, 0.5) is 0 Å². The third-order valence-corrected chi connectivity index (χ3v) is 1.85. The van der Waals surface area contributed by atoms with Gasteiger partial charge in [-0.2, -0.15) is 0 Å². The van der Waals surface area contributed by atoms with E-state index in [-0.39, 0.29) is 32.5 Å². The van der Waals surface area contributed by atoms with Crippen molar-refractivity contribution in [3.05, 3.63) is 0 Å². The van der Waals surface area contributed by atoms with E-state index in [4.69, 9.17) is 15.3 Å². The lowest BCUT2D eigenvalue weighted by Crippen LogP contribution is -2.22. The molecule has 2 atom stereocenters. The molecule has 0 heterocycles. The smallest absolute Gasteiger partial charge is 0.306 e. The quantitative estimate of drug-likeness (QED) is 0.423. The average Bonchev–Trinajstić information content (AvgIpc) is 2.04. The Bertz CT molecular complexity index is 147. The van der Waals surface area contributed by atoms with E-state index in [0.717, 1.165) is 0 Å². The second-order valence-electron chi connectivity index (χ2n) is 2.95. The number of aliphatic hydroxyl groups is 3. The molecular weight excluding hydrogens is 176 g/mol. The van der Waals surface area contributed by atoms with Crippen LogP contribution in [0.5, 0.6) is 0 Å². The van der Waals surface area contributed by atoms with Crippen LogP contribution in [-0.2, 0) is 4.79 Å². The number of hydrogen-bond donors (Lipinski definition) is 4. The van der Waals surface area contributed by atoms with Crippen molar-refractivity contribution in [2.24, 2.45) is 5.92 Å². The lowest BCUT2D eigenvalue weighted by Gasteiger charge is -2.14. The number of carboxylic acid groups (broad SMARTS) is 1. The molecule has 13 heavy (non-hydrogen) atoms. The summed E-state index contributed by atoms with van der Waals surface area (Å²) in [6.45, 7) is -0.366. The summed E-state index contributed by atoms with van der Waals surface area (Å²) in [7, 11) is 0. The van der Waals surface area contributed by atoms with Crippen molar-refractivity contribution in [2.45, 2.75) is 25.4 Å². The van der Waals surface area contributed by atoms with Gasteiger partial charge >= 0.3 is 5.97 Å². The third-order valence-electron chi connectivity index (χ3n) is 1.85. The van der Waals surface area contributed by atoms with Gasteiger partial charge in [0.25, 0.3) is 0 Å². The molecular formula is C8H16O5. The summed E-state index contributed by atoms with van der Waals surface area (Å²) in [4.78, 5) is 10.5. The minimum atomic E-state index is -1.02. The van der Waals surface area contributed by atoms with Crippen LogP contribution in [0.3, 0.4) is 0 Å². The van der Waals surface area contributed by atoms with Gasteiger partial charge in [-0.15, -0.1) is 0 Å². The molecule has 0 aliphatic rings. The zero-order chi connectivity index (χ0) is 10.3. The first-order valence-corrected chi connectivity index (χ1v) is 4.24. The Morgan fingerprint density at radius 3 is 2.08 bits per heavy atom. The molecule has 0 aromatic carbocycles. The summed E-state index contributed by atoms with van der Waals surface area (Å²) in [6, 6.07) is 0. The van der Waals surface area contributed by atoms with E-state index >= 15 is 0 Å². The second-order valence-corrected chi connectivity index (χ2v) is 2.95. The number of carboxylic acids is 1. The van der Waals surface area contributed by atoms with Crippen LogP contribution in [0.2, 0.25) is 0 Å². The van der Waals surface area contributed by atoms with Crippen LogP contribution in [0.15, 0.2) is 0 Å². The first kappa shape index (κ1) is 12.3. The summed E-state index contributed by atoms with van der Waals surface area (Å²) < 4.78 is 0. The summed E-state index contributed by atoms with van der Waals surface area (Å²) >= 11 is 0. The van der Waals surface area contributed by atoms with Crippen LogP contribution >= 0.6 is 0 Å². The maximum atomic E-state index is 10.5. The van der Waals surface area contributed by atoms with Gasteiger partial charge in [-0.1, -0.05) is 0 Å². The molecule has 0 aliphatic carbocycles. The Labute approximate surface area is 76.6 Å². The topological polar surface area (TPSA) is 98.0 Å². The van der Waals surface area contributed by atoms with Gasteiger partial charge in [0, 0.05) is 13.2 Å². The summed E-state index contributed by atoms with van der Waals surface area (Å²) in [6.07, 6.45) is -0.415. The Kier molecular flexibility index (Phi) is 6.48. The van der Waals surface area contributed by atoms with Crippen molar-refractivity contribution in [3.8, 4) is 0 Å². The minimum Gasteiger partial charge on any atom is -0.481 e. The van der Waals surface area contributed by atoms with Gasteiger partial charge in [-0.25, -0.2) is 0 Å². The van der Waals surface area contributed by atoms with E-state index in [1.54, 1.807) is 0 Å². The number of aliphatic hydroxyl groups excluding tert-OH is 3. The van der Waals surface area contributed by atoms with Gasteiger partial charge in [-0.3, -0.25) is 4.79 Å². The van der Waals surface area contributed by atoms with Crippen LogP contribution in [0.1, 0.15) is 19.3 Å². The van der Waals surface area contributed by atoms with Crippen molar-refractivity contribution in [1.82, 2.24) is 0 Å². The highest BCUT2D eigenvalue weighted by Crippen LogP contribution is 2.13. The molecule has 1 unspecified atom stereocenters. The highest BCUT2D eigenvalue weighted by molar-refractivity contribution is 5.69. The predicted octanol–water partition coefficient (Wildman–Crippen LogP) is -0.797. The predicted molar refractivity (Wildman–Crippen MR) is 45.2 cm³/mol. The standard InChI is InChI=1S/C8H16O5/c9-3-1-6(8(12)13)5-7(11)2-4-10/h6-7,9-11H,1-5H2,(H,12,13)/t6?,7-/m0/s1. The van der Waals surface area contributed by atoms with Crippen LogP contribution in [-0.4, -0.2) is 45.7 Å². The number of rotatable bonds is 7. The number of carbonyl (C=O) groups is 1. The molecule has 0 saturated carbocycles. The van der Waals surface area contributed by atoms with Crippen molar-refractivity contribution in [3.63, 3.8) is 0 Å². The molecule has 5 nitrogen and oxygen atoms in total. The fourth-order valence-corrected chi connectivity index (χ4v) is 1.09. The maximum absolute atomic E-state index is 10.5. The maximum Gasteiger partial charge on any atom is 0.306 e. The second kappa shape index (κ2) is 6.82. The van der Waals surface area contributed by atoms with Gasteiger partial charge in [0.05, 0.1) is 12.0 Å². The van der Waals surface area contributed by atoms with Crippen molar-refractivity contribution in [1.29, 1.82) is 0 Å². The van der Waals surface area contributed by atoms with E-state index in [9.17, 15) is 9.90 Å². The summed E-state index contributed by atoms with van der Waals surface area (Å²) in [5, 5.41) is 34.8. The van der Waals surface area contributed by atoms with Crippen LogP contribution in [0, 0.1) is 5.92 Å². The normalized spacial score (nSPS) is 15.3. The van der Waals surface area contributed by atoms with E-state index in [0.29, 0.717) is 0 Å². The van der Waals surface area contributed by atoms with Gasteiger partial charge in [0.15, 0.2) is 0 Å². The zero-order valence-electron chi connectivity index (χ0n) is 7.39. The third kappa shape index (κ3) is 5.57. The van der Waals surface area contributed by atoms with Crippen LogP contribution in [0.25, 0.3) is 0 Å². The first-order valence-electron chi connectivity index (χ1n) is 4.24. The Hall–Kier alpha value is -0.650. The Morgan fingerprint density at radius 2 is 1.69 bits per heavy atom. The van der Waals surface area contributed by atoms with E-state index in [2.05, 4.69) is 0 Å². The molecule has 0 spiro atoms. The highest BCUT2D eigenvalue weighted by atomic mass is 16.4. The number of aliphatic carboxylic acids is 1. The van der Waals surface area contributed by atoms with E-state index in [1.165, 1.54) is 0 Å². The van der Waals surface area contributed by atoms with Gasteiger partial charge in [0.1, 0.15) is 0 Å². The first-order chi connectivity index (χ1) is 6.11. The molecule has 0 aliphatic heterocycles. The van der Waals surface area contributed by atoms with Crippen molar-refractivity contribution < 1.29 is 25.2 Å². The van der Waals surface area contributed by atoms with Crippen molar-refractivity contribution in [2.75, 3.05) is 13.2 Å². The van der Waals surface area contributed by atoms with Gasteiger partial charge in [-0.05, 0) is 19.3 Å². The monoisotopic (exact) mass is 192 g/mol. The Morgan fingerprint density at radius 1 is 1.15 bits per heavy atom. The minimum absolute atomic E-state index is 0.0798. The molecule has 0 radical (unpaired) electrons. The summed E-state index contributed by atoms with van der Waals surface area (Å²) in [5.74, 6) is -1.75. The molecule has 0 rings (SSSR count). The molecule has 0 amide bonds. The molecule has 0 aromatic rings. The molecule has 0 aromatic heterocycles. The lowest BCUT2D eigenvalue weighted by atomic mass is 9.97. The van der Waals surface area contributed by atoms with E-state index < -0.39 is 18.0 Å². The summed E-state index contributed by atoms with van der Waals surface area (Å²) in [5.41, 5.74) is 0. The average molecular weight is 192 g/mol. The van der Waals surface area contributed by atoms with E-state index in [1.807, 2.05) is 0 Å². The Balaban J connectivity index is 3.86.